The van der Waals surface area contributed by atoms with E-state index in [1.165, 1.54) is 5.56 Å². The van der Waals surface area contributed by atoms with Crippen molar-refractivity contribution < 1.29 is 4.79 Å². The van der Waals surface area contributed by atoms with Gasteiger partial charge in [0.1, 0.15) is 0 Å². The molecule has 1 aliphatic rings. The Hall–Kier alpha value is -2.35. The number of rotatable bonds is 3. The molecule has 2 aromatic carbocycles. The van der Waals surface area contributed by atoms with Crippen molar-refractivity contribution in [2.75, 3.05) is 0 Å². The van der Waals surface area contributed by atoms with E-state index in [-0.39, 0.29) is 11.8 Å². The van der Waals surface area contributed by atoms with E-state index in [4.69, 9.17) is 0 Å². The molecule has 0 aliphatic carbocycles. The third-order valence-electron chi connectivity index (χ3n) is 3.63. The van der Waals surface area contributed by atoms with Gasteiger partial charge in [-0.05, 0) is 30.2 Å². The van der Waals surface area contributed by atoms with Crippen molar-refractivity contribution in [3.63, 3.8) is 0 Å². The minimum atomic E-state index is -0.0809. The highest BCUT2D eigenvalue weighted by Crippen LogP contribution is 2.20. The van der Waals surface area contributed by atoms with Gasteiger partial charge in [-0.25, -0.2) is 0 Å². The van der Waals surface area contributed by atoms with Gasteiger partial charge in [0.25, 0.3) is 0 Å². The molecular formula is C18H17NO. The second kappa shape index (κ2) is 5.74. The van der Waals surface area contributed by atoms with Gasteiger partial charge in [0.05, 0.1) is 6.04 Å². The second-order valence-electron chi connectivity index (χ2n) is 5.01. The standard InChI is InChI=1S/C18H17NO/c20-18(17-8-4-5-13-19-17)16-11-9-15(10-12-16)14-6-2-1-3-7-14/h1-3,5-7,9-13,17,19H,4,8H2. The Kier molecular flexibility index (Phi) is 3.64. The lowest BCUT2D eigenvalue weighted by atomic mass is 9.96. The van der Waals surface area contributed by atoms with Crippen LogP contribution in [0, 0.1) is 0 Å². The SMILES string of the molecule is O=C(c1ccc(-c2ccccc2)cc1)C1CCC=CN1. The van der Waals surface area contributed by atoms with Gasteiger partial charge < -0.3 is 5.32 Å². The highest BCUT2D eigenvalue weighted by molar-refractivity contribution is 6.00. The lowest BCUT2D eigenvalue weighted by Gasteiger charge is -2.18. The van der Waals surface area contributed by atoms with Crippen LogP contribution in [0.2, 0.25) is 0 Å². The molecule has 0 bridgehead atoms. The molecule has 1 atom stereocenters. The van der Waals surface area contributed by atoms with Crippen molar-refractivity contribution in [1.82, 2.24) is 5.32 Å². The summed E-state index contributed by atoms with van der Waals surface area (Å²) in [6.07, 6.45) is 5.77. The van der Waals surface area contributed by atoms with Gasteiger partial charge in [0.2, 0.25) is 0 Å². The topological polar surface area (TPSA) is 29.1 Å². The minimum absolute atomic E-state index is 0.0809. The van der Waals surface area contributed by atoms with Gasteiger partial charge >= 0.3 is 0 Å². The zero-order valence-electron chi connectivity index (χ0n) is 11.3. The molecule has 0 saturated carbocycles. The van der Waals surface area contributed by atoms with Crippen molar-refractivity contribution in [1.29, 1.82) is 0 Å². The molecule has 0 aromatic heterocycles. The fourth-order valence-electron chi connectivity index (χ4n) is 2.48. The van der Waals surface area contributed by atoms with Crippen molar-refractivity contribution in [3.8, 4) is 11.1 Å². The average Bonchev–Trinajstić information content (AvgIpc) is 2.56. The number of carbonyl (C=O) groups is 1. The maximum atomic E-state index is 12.4. The molecule has 1 aliphatic heterocycles. The summed E-state index contributed by atoms with van der Waals surface area (Å²) in [4.78, 5) is 12.4. The normalized spacial score (nSPS) is 17.5. The monoisotopic (exact) mass is 263 g/mol. The number of Topliss-reactive ketones (excluding diaryl/α,β-unsaturated/α-hetero) is 1. The number of benzene rings is 2. The van der Waals surface area contributed by atoms with Crippen LogP contribution in [0.3, 0.4) is 0 Å². The van der Waals surface area contributed by atoms with Crippen molar-refractivity contribution in [2.24, 2.45) is 0 Å². The van der Waals surface area contributed by atoms with Crippen LogP contribution in [0.5, 0.6) is 0 Å². The molecule has 2 heteroatoms. The zero-order valence-corrected chi connectivity index (χ0v) is 11.3. The Morgan fingerprint density at radius 1 is 0.950 bits per heavy atom. The van der Waals surface area contributed by atoms with Gasteiger partial charge in [-0.15, -0.1) is 0 Å². The second-order valence-corrected chi connectivity index (χ2v) is 5.01. The summed E-state index contributed by atoms with van der Waals surface area (Å²) in [5, 5.41) is 3.13. The van der Waals surface area contributed by atoms with E-state index in [0.717, 1.165) is 24.0 Å². The number of hydrogen-bond donors (Lipinski definition) is 1. The predicted octanol–water partition coefficient (Wildman–Crippen LogP) is 3.80. The third-order valence-corrected chi connectivity index (χ3v) is 3.63. The van der Waals surface area contributed by atoms with Crippen LogP contribution >= 0.6 is 0 Å². The molecule has 2 aromatic rings. The first-order chi connectivity index (χ1) is 9.84. The summed E-state index contributed by atoms with van der Waals surface area (Å²) >= 11 is 0. The van der Waals surface area contributed by atoms with Crippen LogP contribution < -0.4 is 5.32 Å². The molecule has 0 fully saturated rings. The van der Waals surface area contributed by atoms with E-state index >= 15 is 0 Å². The largest absolute Gasteiger partial charge is 0.381 e. The van der Waals surface area contributed by atoms with E-state index in [9.17, 15) is 4.79 Å². The Bertz CT molecular complexity index is 614. The summed E-state index contributed by atoms with van der Waals surface area (Å²) in [6.45, 7) is 0. The van der Waals surface area contributed by atoms with Crippen molar-refractivity contribution in [3.05, 3.63) is 72.4 Å². The summed E-state index contributed by atoms with van der Waals surface area (Å²) in [6, 6.07) is 18.0. The summed E-state index contributed by atoms with van der Waals surface area (Å²) in [5.74, 6) is 0.175. The Labute approximate surface area is 119 Å². The van der Waals surface area contributed by atoms with Gasteiger partial charge in [-0.1, -0.05) is 60.7 Å². The number of ketones is 1. The molecule has 20 heavy (non-hydrogen) atoms. The van der Waals surface area contributed by atoms with Crippen LogP contribution in [0.1, 0.15) is 23.2 Å². The fraction of sp³-hybridized carbons (Fsp3) is 0.167. The molecule has 0 amide bonds. The molecule has 1 N–H and O–H groups in total. The smallest absolute Gasteiger partial charge is 0.184 e. The highest BCUT2D eigenvalue weighted by Gasteiger charge is 2.19. The molecular weight excluding hydrogens is 246 g/mol. The maximum Gasteiger partial charge on any atom is 0.184 e. The summed E-state index contributed by atoms with van der Waals surface area (Å²) in [5.41, 5.74) is 3.08. The van der Waals surface area contributed by atoms with Crippen LogP contribution in [0.25, 0.3) is 11.1 Å². The first kappa shape index (κ1) is 12.7. The molecule has 0 radical (unpaired) electrons. The first-order valence-corrected chi connectivity index (χ1v) is 6.95. The molecule has 100 valence electrons. The Morgan fingerprint density at radius 2 is 1.65 bits per heavy atom. The number of allylic oxidation sites excluding steroid dienone is 1. The summed E-state index contributed by atoms with van der Waals surface area (Å²) < 4.78 is 0. The Balaban J connectivity index is 1.79. The first-order valence-electron chi connectivity index (χ1n) is 6.95. The number of nitrogens with one attached hydrogen (secondary N) is 1. The molecule has 1 unspecified atom stereocenters. The van der Waals surface area contributed by atoms with Gasteiger partial charge in [0, 0.05) is 5.56 Å². The maximum absolute atomic E-state index is 12.4. The minimum Gasteiger partial charge on any atom is -0.381 e. The van der Waals surface area contributed by atoms with Crippen LogP contribution in [-0.4, -0.2) is 11.8 Å². The van der Waals surface area contributed by atoms with E-state index < -0.39 is 0 Å². The summed E-state index contributed by atoms with van der Waals surface area (Å²) in [7, 11) is 0. The highest BCUT2D eigenvalue weighted by atomic mass is 16.1. The third kappa shape index (κ3) is 2.64. The number of carbonyl (C=O) groups excluding carboxylic acids is 1. The van der Waals surface area contributed by atoms with E-state index in [1.54, 1.807) is 0 Å². The zero-order chi connectivity index (χ0) is 13.8. The molecule has 1 heterocycles. The average molecular weight is 263 g/mol. The number of hydrogen-bond acceptors (Lipinski definition) is 2. The van der Waals surface area contributed by atoms with E-state index in [2.05, 4.69) is 23.5 Å². The van der Waals surface area contributed by atoms with Gasteiger partial charge in [0.15, 0.2) is 5.78 Å². The fourth-order valence-corrected chi connectivity index (χ4v) is 2.48. The van der Waals surface area contributed by atoms with Crippen LogP contribution in [-0.2, 0) is 0 Å². The molecule has 3 rings (SSSR count). The van der Waals surface area contributed by atoms with Gasteiger partial charge in [-0.3, -0.25) is 4.79 Å². The predicted molar refractivity (Wildman–Crippen MR) is 81.5 cm³/mol. The van der Waals surface area contributed by atoms with E-state index in [1.807, 2.05) is 48.7 Å². The van der Waals surface area contributed by atoms with Crippen LogP contribution in [0.4, 0.5) is 0 Å². The van der Waals surface area contributed by atoms with Crippen LogP contribution in [0.15, 0.2) is 66.9 Å². The van der Waals surface area contributed by atoms with Crippen molar-refractivity contribution in [2.45, 2.75) is 18.9 Å². The lowest BCUT2D eigenvalue weighted by Crippen LogP contribution is -2.35. The van der Waals surface area contributed by atoms with Crippen molar-refractivity contribution >= 4 is 5.78 Å². The molecule has 0 spiro atoms. The quantitative estimate of drug-likeness (QED) is 0.853. The molecule has 0 saturated heterocycles. The lowest BCUT2D eigenvalue weighted by molar-refractivity contribution is 0.0943. The Morgan fingerprint density at radius 3 is 2.30 bits per heavy atom. The van der Waals surface area contributed by atoms with Gasteiger partial charge in [-0.2, -0.15) is 0 Å². The van der Waals surface area contributed by atoms with E-state index in [0.29, 0.717) is 0 Å². The molecule has 2 nitrogen and oxygen atoms in total.